The normalized spacial score (nSPS) is 11.5. The van der Waals surface area contributed by atoms with Gasteiger partial charge in [-0.1, -0.05) is 50.2 Å². The first-order valence-corrected chi connectivity index (χ1v) is 8.11. The van der Waals surface area contributed by atoms with Crippen molar-refractivity contribution in [3.63, 3.8) is 0 Å². The van der Waals surface area contributed by atoms with E-state index in [2.05, 4.69) is 93.1 Å². The first-order valence-electron chi connectivity index (χ1n) is 8.11. The average molecular weight is 290 g/mol. The average Bonchev–Trinajstić information content (AvgIpc) is 2.53. The second-order valence-electron chi connectivity index (χ2n) is 6.53. The van der Waals surface area contributed by atoms with Gasteiger partial charge < -0.3 is 0 Å². The summed E-state index contributed by atoms with van der Waals surface area (Å²) in [6.45, 7) is 9.02. The maximum absolute atomic E-state index is 2.39. The first kappa shape index (κ1) is 14.8. The molecule has 0 fully saturated rings. The molecule has 0 aliphatic carbocycles. The zero-order chi connectivity index (χ0) is 15.7. The topological polar surface area (TPSA) is 3.88 Å². The fourth-order valence-electron chi connectivity index (χ4n) is 3.08. The highest BCUT2D eigenvalue weighted by molar-refractivity contribution is 5.84. The molecule has 0 amide bonds. The summed E-state index contributed by atoms with van der Waals surface area (Å²) in [4.78, 5) is 0. The molecule has 0 bridgehead atoms. The molecule has 0 N–H and O–H groups in total. The van der Waals surface area contributed by atoms with E-state index in [0.717, 1.165) is 0 Å². The van der Waals surface area contributed by atoms with Crippen molar-refractivity contribution in [2.75, 3.05) is 0 Å². The minimum atomic E-state index is 0.430. The maximum atomic E-state index is 2.39. The number of nitrogens with zero attached hydrogens (tertiary/aromatic N) is 1. The van der Waals surface area contributed by atoms with Gasteiger partial charge in [-0.25, -0.2) is 0 Å². The minimum absolute atomic E-state index is 0.430. The molecule has 1 nitrogen and oxygen atoms in total. The first-order chi connectivity index (χ1) is 10.6. The third-order valence-corrected chi connectivity index (χ3v) is 4.26. The van der Waals surface area contributed by atoms with Crippen LogP contribution >= 0.6 is 0 Å². The Morgan fingerprint density at radius 2 is 1.41 bits per heavy atom. The largest absolute Gasteiger partial charge is 0.213 e. The van der Waals surface area contributed by atoms with Gasteiger partial charge in [-0.3, -0.25) is 0 Å². The van der Waals surface area contributed by atoms with Crippen LogP contribution in [0.3, 0.4) is 0 Å². The van der Waals surface area contributed by atoms with Gasteiger partial charge in [0, 0.05) is 17.0 Å². The Balaban J connectivity index is 2.32. The lowest BCUT2D eigenvalue weighted by Crippen LogP contribution is -2.38. The number of pyridine rings is 1. The fraction of sp³-hybridized carbons (Fsp3) is 0.286. The lowest BCUT2D eigenvalue weighted by Gasteiger charge is -2.14. The SMILES string of the molecule is CC(C)c1ccccc1-c1cc2ccccc2c[n+]1C(C)C. The third-order valence-electron chi connectivity index (χ3n) is 4.26. The van der Waals surface area contributed by atoms with E-state index >= 15 is 0 Å². The molecular weight excluding hydrogens is 266 g/mol. The molecule has 0 saturated carbocycles. The molecule has 1 heteroatoms. The number of aromatic nitrogens is 1. The summed E-state index contributed by atoms with van der Waals surface area (Å²) in [6, 6.07) is 20.1. The van der Waals surface area contributed by atoms with E-state index in [1.165, 1.54) is 27.6 Å². The Morgan fingerprint density at radius 3 is 2.09 bits per heavy atom. The molecule has 0 spiro atoms. The summed E-state index contributed by atoms with van der Waals surface area (Å²) < 4.78 is 2.39. The van der Waals surface area contributed by atoms with Crippen LogP contribution < -0.4 is 4.57 Å². The van der Waals surface area contributed by atoms with Gasteiger partial charge in [0.2, 0.25) is 5.69 Å². The van der Waals surface area contributed by atoms with Crippen molar-refractivity contribution in [1.82, 2.24) is 0 Å². The summed E-state index contributed by atoms with van der Waals surface area (Å²) >= 11 is 0. The van der Waals surface area contributed by atoms with E-state index in [0.29, 0.717) is 12.0 Å². The molecule has 2 aromatic carbocycles. The molecular formula is C21H24N+. The molecule has 1 aromatic heterocycles. The Morgan fingerprint density at radius 1 is 0.773 bits per heavy atom. The second-order valence-corrected chi connectivity index (χ2v) is 6.53. The quantitative estimate of drug-likeness (QED) is 0.561. The van der Waals surface area contributed by atoms with Crippen LogP contribution in [0.25, 0.3) is 22.0 Å². The van der Waals surface area contributed by atoms with E-state index in [1.54, 1.807) is 0 Å². The smallest absolute Gasteiger partial charge is 0.196 e. The Labute approximate surface area is 133 Å². The van der Waals surface area contributed by atoms with E-state index in [-0.39, 0.29) is 0 Å². The van der Waals surface area contributed by atoms with Crippen molar-refractivity contribution in [2.24, 2.45) is 0 Å². The van der Waals surface area contributed by atoms with Gasteiger partial charge >= 0.3 is 0 Å². The standard InChI is InChI=1S/C21H24N/c1-15(2)19-11-7-8-12-20(19)21-13-17-9-5-6-10-18(17)14-22(21)16(3)4/h5-16H,1-4H3/q+1. The zero-order valence-electron chi connectivity index (χ0n) is 13.9. The van der Waals surface area contributed by atoms with Gasteiger partial charge in [0.15, 0.2) is 12.2 Å². The summed E-state index contributed by atoms with van der Waals surface area (Å²) in [6.07, 6.45) is 2.28. The van der Waals surface area contributed by atoms with E-state index < -0.39 is 0 Å². The van der Waals surface area contributed by atoms with Crippen LogP contribution in [-0.2, 0) is 0 Å². The van der Waals surface area contributed by atoms with Gasteiger partial charge in [-0.05, 0) is 42.8 Å². The van der Waals surface area contributed by atoms with Crippen LogP contribution in [-0.4, -0.2) is 0 Å². The number of hydrogen-bond acceptors (Lipinski definition) is 0. The lowest BCUT2D eigenvalue weighted by atomic mass is 9.94. The molecule has 3 aromatic rings. The predicted molar refractivity (Wildman–Crippen MR) is 94.1 cm³/mol. The number of benzene rings is 2. The molecule has 22 heavy (non-hydrogen) atoms. The molecule has 0 aliphatic heterocycles. The third kappa shape index (κ3) is 2.64. The van der Waals surface area contributed by atoms with Crippen LogP contribution in [0.1, 0.15) is 45.2 Å². The lowest BCUT2D eigenvalue weighted by molar-refractivity contribution is -0.704. The molecule has 0 aliphatic rings. The van der Waals surface area contributed by atoms with Crippen LogP contribution in [0.5, 0.6) is 0 Å². The van der Waals surface area contributed by atoms with Crippen LogP contribution in [0.15, 0.2) is 60.8 Å². The number of fused-ring (bicyclic) bond motifs is 1. The summed E-state index contributed by atoms with van der Waals surface area (Å²) in [5.41, 5.74) is 4.06. The Hall–Kier alpha value is -2.15. The van der Waals surface area contributed by atoms with Crippen molar-refractivity contribution in [1.29, 1.82) is 0 Å². The van der Waals surface area contributed by atoms with Gasteiger partial charge in [0.1, 0.15) is 0 Å². The van der Waals surface area contributed by atoms with Crippen molar-refractivity contribution in [3.8, 4) is 11.3 Å². The highest BCUT2D eigenvalue weighted by Crippen LogP contribution is 2.29. The van der Waals surface area contributed by atoms with Crippen molar-refractivity contribution >= 4 is 10.8 Å². The summed E-state index contributed by atoms with van der Waals surface area (Å²) in [5, 5.41) is 2.59. The van der Waals surface area contributed by atoms with Gasteiger partial charge in [-0.15, -0.1) is 0 Å². The minimum Gasteiger partial charge on any atom is -0.196 e. The fourth-order valence-corrected chi connectivity index (χ4v) is 3.08. The van der Waals surface area contributed by atoms with Crippen molar-refractivity contribution < 1.29 is 4.57 Å². The monoisotopic (exact) mass is 290 g/mol. The second kappa shape index (κ2) is 5.92. The molecule has 0 saturated heterocycles. The Kier molecular flexibility index (Phi) is 3.98. The number of hydrogen-bond donors (Lipinski definition) is 0. The van der Waals surface area contributed by atoms with Gasteiger partial charge in [0.05, 0.1) is 0 Å². The molecule has 112 valence electrons. The van der Waals surface area contributed by atoms with E-state index in [9.17, 15) is 0 Å². The summed E-state index contributed by atoms with van der Waals surface area (Å²) in [7, 11) is 0. The number of rotatable bonds is 3. The molecule has 0 unspecified atom stereocenters. The van der Waals surface area contributed by atoms with E-state index in [4.69, 9.17) is 0 Å². The van der Waals surface area contributed by atoms with Gasteiger partial charge in [-0.2, -0.15) is 4.57 Å². The molecule has 0 radical (unpaired) electrons. The molecule has 0 atom stereocenters. The van der Waals surface area contributed by atoms with Crippen molar-refractivity contribution in [2.45, 2.75) is 39.7 Å². The summed E-state index contributed by atoms with van der Waals surface area (Å²) in [5.74, 6) is 0.517. The zero-order valence-corrected chi connectivity index (χ0v) is 13.9. The predicted octanol–water partition coefficient (Wildman–Crippen LogP) is 5.50. The Bertz CT molecular complexity index is 800. The molecule has 1 heterocycles. The van der Waals surface area contributed by atoms with Crippen molar-refractivity contribution in [3.05, 3.63) is 66.4 Å². The maximum Gasteiger partial charge on any atom is 0.213 e. The highest BCUT2D eigenvalue weighted by Gasteiger charge is 2.20. The van der Waals surface area contributed by atoms with Crippen LogP contribution in [0.4, 0.5) is 0 Å². The van der Waals surface area contributed by atoms with Crippen LogP contribution in [0.2, 0.25) is 0 Å². The van der Waals surface area contributed by atoms with Gasteiger partial charge in [0.25, 0.3) is 0 Å². The van der Waals surface area contributed by atoms with E-state index in [1.807, 2.05) is 0 Å². The van der Waals surface area contributed by atoms with Crippen LogP contribution in [0, 0.1) is 0 Å². The molecule has 3 rings (SSSR count). The highest BCUT2D eigenvalue weighted by atomic mass is 15.0.